The fourth-order valence-corrected chi connectivity index (χ4v) is 9.56. The highest BCUT2D eigenvalue weighted by Gasteiger charge is 2.38. The first kappa shape index (κ1) is 36.7. The van der Waals surface area contributed by atoms with Gasteiger partial charge in [0.15, 0.2) is 5.82 Å². The summed E-state index contributed by atoms with van der Waals surface area (Å²) in [5, 5.41) is 22.2. The van der Waals surface area contributed by atoms with Crippen molar-refractivity contribution in [3.8, 4) is 85.1 Å². The van der Waals surface area contributed by atoms with Gasteiger partial charge in [0, 0.05) is 44.0 Å². The number of hydrogen-bond donors (Lipinski definition) is 0. The van der Waals surface area contributed by atoms with E-state index in [1.54, 1.807) is 0 Å². The van der Waals surface area contributed by atoms with E-state index >= 15 is 0 Å². The maximum absolute atomic E-state index is 9.90. The average Bonchev–Trinajstić information content (AvgIpc) is 3.79. The Hall–Kier alpha value is -8.38. The Morgan fingerprint density at radius 2 is 0.984 bits per heavy atom. The molecule has 0 amide bonds. The van der Waals surface area contributed by atoms with Gasteiger partial charge in [-0.3, -0.25) is 0 Å². The molecule has 0 spiro atoms. The number of fused-ring (bicyclic) bond motifs is 7. The van der Waals surface area contributed by atoms with Gasteiger partial charge >= 0.3 is 0 Å². The maximum atomic E-state index is 9.90. The van der Waals surface area contributed by atoms with Crippen molar-refractivity contribution in [1.29, 1.82) is 10.5 Å². The van der Waals surface area contributed by atoms with Gasteiger partial charge in [0.1, 0.15) is 0 Å². The first-order chi connectivity index (χ1) is 30.4. The van der Waals surface area contributed by atoms with E-state index in [-0.39, 0.29) is 5.41 Å². The monoisotopic (exact) mass is 791 g/mol. The molecule has 290 valence electrons. The minimum Gasteiger partial charge on any atom is -0.308 e. The highest BCUT2D eigenvalue weighted by atomic mass is 15.0. The fraction of sp³-hybridized carbons (Fsp3) is 0.0526. The number of para-hydroxylation sites is 1. The van der Waals surface area contributed by atoms with Crippen molar-refractivity contribution >= 4 is 21.8 Å². The molecule has 1 aliphatic carbocycles. The van der Waals surface area contributed by atoms with Gasteiger partial charge in [-0.1, -0.05) is 147 Å². The van der Waals surface area contributed by atoms with E-state index in [9.17, 15) is 10.5 Å². The molecule has 11 rings (SSSR count). The van der Waals surface area contributed by atoms with Crippen LogP contribution >= 0.6 is 0 Å². The van der Waals surface area contributed by atoms with Gasteiger partial charge in [-0.25, -0.2) is 9.97 Å². The van der Waals surface area contributed by atoms with Crippen LogP contribution in [0.1, 0.15) is 36.1 Å². The summed E-state index contributed by atoms with van der Waals surface area (Å²) in [6, 6.07) is 69.3. The zero-order valence-electron chi connectivity index (χ0n) is 34.1. The molecule has 0 unspecified atom stereocenters. The summed E-state index contributed by atoms with van der Waals surface area (Å²) in [6.07, 6.45) is 0. The molecule has 0 N–H and O–H groups in total. The van der Waals surface area contributed by atoms with Crippen LogP contribution in [0.4, 0.5) is 0 Å². The Labute approximate surface area is 360 Å². The summed E-state index contributed by atoms with van der Waals surface area (Å²) in [6.45, 7) is 4.69. The Morgan fingerprint density at radius 3 is 1.56 bits per heavy atom. The van der Waals surface area contributed by atoms with Crippen molar-refractivity contribution in [2.45, 2.75) is 19.3 Å². The average molecular weight is 792 g/mol. The molecule has 0 aliphatic heterocycles. The minimum atomic E-state index is -0.242. The van der Waals surface area contributed by atoms with E-state index < -0.39 is 0 Å². The van der Waals surface area contributed by atoms with E-state index in [2.05, 4.69) is 134 Å². The topological polar surface area (TPSA) is 78.3 Å². The molecule has 0 radical (unpaired) electrons. The second-order valence-electron chi connectivity index (χ2n) is 16.4. The molecule has 0 fully saturated rings. The van der Waals surface area contributed by atoms with Crippen LogP contribution in [-0.4, -0.2) is 14.5 Å². The summed E-state index contributed by atoms with van der Waals surface area (Å²) in [7, 11) is 0. The number of nitrogens with zero attached hydrogens (tertiary/aromatic N) is 5. The third-order valence-electron chi connectivity index (χ3n) is 12.5. The predicted octanol–water partition coefficient (Wildman–Crippen LogP) is 14.0. The molecule has 5 heteroatoms. The summed E-state index contributed by atoms with van der Waals surface area (Å²) in [5.41, 5.74) is 17.5. The zero-order valence-corrected chi connectivity index (χ0v) is 34.1. The Balaban J connectivity index is 1.27. The Bertz CT molecular complexity index is 3340. The second kappa shape index (κ2) is 14.4. The smallest absolute Gasteiger partial charge is 0.160 e. The van der Waals surface area contributed by atoms with Crippen molar-refractivity contribution < 1.29 is 0 Å². The van der Waals surface area contributed by atoms with Gasteiger partial charge in [0.25, 0.3) is 0 Å². The molecular formula is C57H37N5. The third kappa shape index (κ3) is 5.83. The number of hydrogen-bond acceptors (Lipinski definition) is 4. The lowest BCUT2D eigenvalue weighted by Gasteiger charge is -2.23. The van der Waals surface area contributed by atoms with Crippen molar-refractivity contribution in [1.82, 2.24) is 14.5 Å². The molecule has 0 saturated heterocycles. The van der Waals surface area contributed by atoms with Crippen molar-refractivity contribution in [3.05, 3.63) is 210 Å². The van der Waals surface area contributed by atoms with Gasteiger partial charge < -0.3 is 4.57 Å². The molecule has 1 aliphatic rings. The van der Waals surface area contributed by atoms with Gasteiger partial charge in [0.2, 0.25) is 0 Å². The lowest BCUT2D eigenvalue weighted by atomic mass is 9.80. The van der Waals surface area contributed by atoms with Crippen LogP contribution in [0.5, 0.6) is 0 Å². The normalized spacial score (nSPS) is 12.5. The Kier molecular flexibility index (Phi) is 8.53. The highest BCUT2D eigenvalue weighted by Crippen LogP contribution is 2.54. The predicted molar refractivity (Wildman–Crippen MR) is 251 cm³/mol. The molecular weight excluding hydrogens is 755 g/mol. The molecule has 5 nitrogen and oxygen atoms in total. The van der Waals surface area contributed by atoms with Crippen LogP contribution < -0.4 is 0 Å². The summed E-state index contributed by atoms with van der Waals surface area (Å²) < 4.78 is 2.42. The first-order valence-electron chi connectivity index (χ1n) is 20.8. The van der Waals surface area contributed by atoms with Crippen LogP contribution in [0.15, 0.2) is 188 Å². The van der Waals surface area contributed by atoms with Gasteiger partial charge in [0.05, 0.1) is 51.4 Å². The number of aromatic nitrogens is 3. The quantitative estimate of drug-likeness (QED) is 0.168. The SMILES string of the molecule is CC1(C)c2ccccc2-c2ccc3c(c21)c1ccccc1n3-c1c(-c2ccc(C#N)cc2)cc(-c2nc(-c3ccccc3)cc(-c3ccccc3)n2)cc1-c1ccc(C#N)cc1. The maximum Gasteiger partial charge on any atom is 0.160 e. The van der Waals surface area contributed by atoms with E-state index in [1.165, 1.54) is 33.0 Å². The van der Waals surface area contributed by atoms with Crippen LogP contribution in [0.3, 0.4) is 0 Å². The third-order valence-corrected chi connectivity index (χ3v) is 12.5. The summed E-state index contributed by atoms with van der Waals surface area (Å²) in [4.78, 5) is 10.6. The summed E-state index contributed by atoms with van der Waals surface area (Å²) >= 11 is 0. The van der Waals surface area contributed by atoms with Crippen LogP contribution in [0.2, 0.25) is 0 Å². The largest absolute Gasteiger partial charge is 0.308 e. The lowest BCUT2D eigenvalue weighted by molar-refractivity contribution is 0.666. The Morgan fingerprint density at radius 1 is 0.452 bits per heavy atom. The number of benzene rings is 8. The number of nitriles is 2. The van der Waals surface area contributed by atoms with Crippen LogP contribution in [0, 0.1) is 22.7 Å². The molecule has 0 atom stereocenters. The van der Waals surface area contributed by atoms with Gasteiger partial charge in [-0.2, -0.15) is 10.5 Å². The van der Waals surface area contributed by atoms with Gasteiger partial charge in [-0.05, 0) is 88.0 Å². The molecule has 0 saturated carbocycles. The van der Waals surface area contributed by atoms with Crippen molar-refractivity contribution in [3.63, 3.8) is 0 Å². The zero-order chi connectivity index (χ0) is 42.0. The highest BCUT2D eigenvalue weighted by molar-refractivity contribution is 6.15. The van der Waals surface area contributed by atoms with E-state index in [1.807, 2.05) is 84.9 Å². The van der Waals surface area contributed by atoms with Gasteiger partial charge in [-0.15, -0.1) is 0 Å². The molecule has 2 heterocycles. The van der Waals surface area contributed by atoms with Crippen LogP contribution in [0.25, 0.3) is 94.8 Å². The van der Waals surface area contributed by atoms with E-state index in [0.29, 0.717) is 17.0 Å². The molecule has 2 aromatic heterocycles. The first-order valence-corrected chi connectivity index (χ1v) is 20.8. The molecule has 10 aromatic rings. The lowest BCUT2D eigenvalue weighted by Crippen LogP contribution is -2.15. The summed E-state index contributed by atoms with van der Waals surface area (Å²) in [5.74, 6) is 0.584. The standard InChI is InChI=1S/C57H37N5/c1-57(2)48-19-11-9-17-43(48)44-29-30-52-53(54(44)57)45-18-10-12-20-51(45)62(52)55-46(38-25-21-36(34-58)22-26-38)31-42(32-47(55)39-27-23-37(35-59)24-28-39)56-60-49(40-13-5-3-6-14-40)33-50(61-56)41-15-7-4-8-16-41/h3-33H,1-2H3. The van der Waals surface area contributed by atoms with E-state index in [0.717, 1.165) is 67.1 Å². The van der Waals surface area contributed by atoms with Crippen molar-refractivity contribution in [2.24, 2.45) is 0 Å². The minimum absolute atomic E-state index is 0.242. The molecule has 0 bridgehead atoms. The van der Waals surface area contributed by atoms with Crippen molar-refractivity contribution in [2.75, 3.05) is 0 Å². The molecule has 8 aromatic carbocycles. The van der Waals surface area contributed by atoms with Crippen LogP contribution in [-0.2, 0) is 5.41 Å². The molecule has 62 heavy (non-hydrogen) atoms. The fourth-order valence-electron chi connectivity index (χ4n) is 9.56. The second-order valence-corrected chi connectivity index (χ2v) is 16.4. The number of rotatable bonds is 6. The van der Waals surface area contributed by atoms with E-state index in [4.69, 9.17) is 9.97 Å².